The highest BCUT2D eigenvalue weighted by Gasteiger charge is 2.36. The molecule has 1 aliphatic heterocycles. The van der Waals surface area contributed by atoms with Gasteiger partial charge in [-0.15, -0.1) is 6.58 Å². The lowest BCUT2D eigenvalue weighted by Gasteiger charge is -2.34. The molecule has 15 heavy (non-hydrogen) atoms. The summed E-state index contributed by atoms with van der Waals surface area (Å²) in [5, 5.41) is 0.744. The van der Waals surface area contributed by atoms with E-state index in [1.165, 1.54) is 5.56 Å². The van der Waals surface area contributed by atoms with Crippen LogP contribution in [0.2, 0.25) is 0 Å². The van der Waals surface area contributed by atoms with Crippen LogP contribution in [0.25, 0.3) is 0 Å². The Hall–Kier alpha value is -0.890. The van der Waals surface area contributed by atoms with Crippen LogP contribution in [0.5, 0.6) is 0 Å². The maximum absolute atomic E-state index is 11.8. The van der Waals surface area contributed by atoms with Gasteiger partial charge < -0.3 is 0 Å². The average molecular weight is 220 g/mol. The van der Waals surface area contributed by atoms with Crippen LogP contribution in [0.1, 0.15) is 18.4 Å². The third kappa shape index (κ3) is 2.37. The Balaban J connectivity index is 1.89. The van der Waals surface area contributed by atoms with E-state index in [-0.39, 0.29) is 0 Å². The first-order valence-electron chi connectivity index (χ1n) is 5.35. The molecule has 0 radical (unpaired) electrons. The molecule has 0 bridgehead atoms. The van der Waals surface area contributed by atoms with Crippen LogP contribution in [-0.2, 0) is 17.2 Å². The molecule has 1 saturated heterocycles. The van der Waals surface area contributed by atoms with E-state index in [9.17, 15) is 4.21 Å². The van der Waals surface area contributed by atoms with Crippen molar-refractivity contribution in [3.8, 4) is 0 Å². The van der Waals surface area contributed by atoms with Crippen molar-refractivity contribution in [2.24, 2.45) is 0 Å². The summed E-state index contributed by atoms with van der Waals surface area (Å²) in [4.78, 5) is 0. The number of hydrogen-bond donors (Lipinski definition) is 0. The lowest BCUT2D eigenvalue weighted by atomic mass is 10.0. The molecule has 80 valence electrons. The van der Waals surface area contributed by atoms with E-state index in [1.54, 1.807) is 0 Å². The first-order chi connectivity index (χ1) is 7.31. The summed E-state index contributed by atoms with van der Waals surface area (Å²) in [6.45, 7) is 3.69. The fourth-order valence-corrected chi connectivity index (χ4v) is 3.76. The van der Waals surface area contributed by atoms with Gasteiger partial charge in [-0.1, -0.05) is 36.4 Å². The van der Waals surface area contributed by atoms with Gasteiger partial charge in [-0.05, 0) is 24.8 Å². The van der Waals surface area contributed by atoms with Gasteiger partial charge in [0.1, 0.15) is 0 Å². The van der Waals surface area contributed by atoms with Crippen molar-refractivity contribution in [3.63, 3.8) is 0 Å². The minimum atomic E-state index is -0.639. The summed E-state index contributed by atoms with van der Waals surface area (Å²) in [6, 6.07) is 10.3. The molecule has 1 fully saturated rings. The molecule has 1 aliphatic rings. The van der Waals surface area contributed by atoms with Gasteiger partial charge in [0.15, 0.2) is 0 Å². The third-order valence-corrected chi connectivity index (χ3v) is 4.98. The fraction of sp³-hybridized carbons (Fsp3) is 0.385. The smallest absolute Gasteiger partial charge is 0.0402 e. The second-order valence-electron chi connectivity index (χ2n) is 4.02. The molecule has 0 N–H and O–H groups in total. The predicted octanol–water partition coefficient (Wildman–Crippen LogP) is 2.69. The molecule has 1 unspecified atom stereocenters. The van der Waals surface area contributed by atoms with Gasteiger partial charge in [-0.2, -0.15) is 0 Å². The van der Waals surface area contributed by atoms with Crippen molar-refractivity contribution in [3.05, 3.63) is 48.6 Å². The topological polar surface area (TPSA) is 17.1 Å². The largest absolute Gasteiger partial charge is 0.259 e. The number of allylic oxidation sites excluding steroid dienone is 1. The van der Waals surface area contributed by atoms with Gasteiger partial charge >= 0.3 is 0 Å². The van der Waals surface area contributed by atoms with E-state index in [1.807, 2.05) is 24.3 Å². The zero-order chi connectivity index (χ0) is 10.7. The fourth-order valence-electron chi connectivity index (χ4n) is 2.05. The van der Waals surface area contributed by atoms with E-state index in [0.29, 0.717) is 10.5 Å². The maximum atomic E-state index is 11.8. The molecule has 3 atom stereocenters. The van der Waals surface area contributed by atoms with Crippen LogP contribution in [0, 0.1) is 0 Å². The summed E-state index contributed by atoms with van der Waals surface area (Å²) >= 11 is 0. The van der Waals surface area contributed by atoms with Gasteiger partial charge in [-0.3, -0.25) is 4.21 Å². The van der Waals surface area contributed by atoms with Crippen molar-refractivity contribution in [2.45, 2.75) is 29.8 Å². The summed E-state index contributed by atoms with van der Waals surface area (Å²) in [5.74, 6) is 0. The molecule has 1 nitrogen and oxygen atoms in total. The molecular formula is C13H16OS. The minimum Gasteiger partial charge on any atom is -0.259 e. The van der Waals surface area contributed by atoms with E-state index < -0.39 is 10.8 Å². The highest BCUT2D eigenvalue weighted by Crippen LogP contribution is 2.30. The van der Waals surface area contributed by atoms with Crippen molar-refractivity contribution >= 4 is 10.8 Å². The van der Waals surface area contributed by atoms with Gasteiger partial charge in [0, 0.05) is 21.3 Å². The summed E-state index contributed by atoms with van der Waals surface area (Å²) in [5.41, 5.74) is 1.30. The number of hydrogen-bond acceptors (Lipinski definition) is 1. The standard InChI is InChI=1S/C13H16OS/c1-2-6-12-10-13(15(12)14)9-11-7-4-3-5-8-11/h2-5,7-8,12-13H,1,6,9-10H2/t12-,13+,15?/m1/s1. The minimum absolute atomic E-state index is 0.371. The van der Waals surface area contributed by atoms with Crippen LogP contribution in [-0.4, -0.2) is 14.7 Å². The Kier molecular flexibility index (Phi) is 3.37. The van der Waals surface area contributed by atoms with Crippen LogP contribution < -0.4 is 0 Å². The monoisotopic (exact) mass is 220 g/mol. The van der Waals surface area contributed by atoms with E-state index >= 15 is 0 Å². The van der Waals surface area contributed by atoms with Crippen LogP contribution in [0.4, 0.5) is 0 Å². The zero-order valence-electron chi connectivity index (χ0n) is 8.76. The lowest BCUT2D eigenvalue weighted by molar-refractivity contribution is 0.576. The van der Waals surface area contributed by atoms with E-state index in [0.717, 1.165) is 19.3 Å². The molecule has 0 aliphatic carbocycles. The van der Waals surface area contributed by atoms with Crippen molar-refractivity contribution < 1.29 is 4.21 Å². The summed E-state index contributed by atoms with van der Waals surface area (Å²) in [7, 11) is -0.639. The van der Waals surface area contributed by atoms with Crippen molar-refractivity contribution in [2.75, 3.05) is 0 Å². The Bertz CT molecular complexity index is 358. The molecule has 2 heteroatoms. The van der Waals surface area contributed by atoms with Crippen molar-refractivity contribution in [1.29, 1.82) is 0 Å². The molecule has 0 amide bonds. The van der Waals surface area contributed by atoms with Gasteiger partial charge in [0.05, 0.1) is 0 Å². The van der Waals surface area contributed by atoms with Crippen LogP contribution in [0.15, 0.2) is 43.0 Å². The Morgan fingerprint density at radius 3 is 2.67 bits per heavy atom. The van der Waals surface area contributed by atoms with E-state index in [2.05, 4.69) is 18.7 Å². The average Bonchev–Trinajstić information content (AvgIpc) is 2.29. The molecule has 1 aromatic carbocycles. The first kappa shape index (κ1) is 10.6. The van der Waals surface area contributed by atoms with Crippen LogP contribution >= 0.6 is 0 Å². The molecule has 1 heterocycles. The highest BCUT2D eigenvalue weighted by atomic mass is 32.2. The zero-order valence-corrected chi connectivity index (χ0v) is 9.58. The molecule has 1 aromatic rings. The summed E-state index contributed by atoms with van der Waals surface area (Å²) in [6.07, 6.45) is 4.83. The Morgan fingerprint density at radius 2 is 2.07 bits per heavy atom. The van der Waals surface area contributed by atoms with Crippen LogP contribution in [0.3, 0.4) is 0 Å². The van der Waals surface area contributed by atoms with Gasteiger partial charge in [0.2, 0.25) is 0 Å². The molecular weight excluding hydrogens is 204 g/mol. The summed E-state index contributed by atoms with van der Waals surface area (Å²) < 4.78 is 11.8. The second kappa shape index (κ2) is 4.75. The molecule has 0 aromatic heterocycles. The second-order valence-corrected chi connectivity index (χ2v) is 6.01. The van der Waals surface area contributed by atoms with Gasteiger partial charge in [-0.25, -0.2) is 0 Å². The number of rotatable bonds is 4. The molecule has 2 rings (SSSR count). The SMILES string of the molecule is C=CC[C@@H]1C[C@H](Cc2ccccc2)S1=O. The third-order valence-electron chi connectivity index (χ3n) is 2.92. The first-order valence-corrected chi connectivity index (χ1v) is 6.63. The lowest BCUT2D eigenvalue weighted by Crippen LogP contribution is -2.41. The van der Waals surface area contributed by atoms with Crippen molar-refractivity contribution in [1.82, 2.24) is 0 Å². The molecule has 0 saturated carbocycles. The quantitative estimate of drug-likeness (QED) is 0.713. The number of benzene rings is 1. The Morgan fingerprint density at radius 1 is 1.33 bits per heavy atom. The normalized spacial score (nSPS) is 29.5. The highest BCUT2D eigenvalue weighted by molar-refractivity contribution is 7.87. The predicted molar refractivity (Wildman–Crippen MR) is 65.3 cm³/mol. The Labute approximate surface area is 93.7 Å². The molecule has 0 spiro atoms. The van der Waals surface area contributed by atoms with E-state index in [4.69, 9.17) is 0 Å². The maximum Gasteiger partial charge on any atom is 0.0402 e. The van der Waals surface area contributed by atoms with Gasteiger partial charge in [0.25, 0.3) is 0 Å².